The third-order valence-electron chi connectivity index (χ3n) is 5.16. The van der Waals surface area contributed by atoms with Gasteiger partial charge in [-0.15, -0.1) is 0 Å². The maximum atomic E-state index is 11.0. The van der Waals surface area contributed by atoms with Crippen LogP contribution in [0.4, 0.5) is 0 Å². The Balaban J connectivity index is 1.64. The number of benzene rings is 2. The van der Waals surface area contributed by atoms with E-state index in [4.69, 9.17) is 21.6 Å². The second-order valence-corrected chi connectivity index (χ2v) is 7.73. The quantitative estimate of drug-likeness (QED) is 0.386. The largest absolute Gasteiger partial charge is 0.493 e. The highest BCUT2D eigenvalue weighted by Crippen LogP contribution is 2.28. The average molecular weight is 427 g/mol. The van der Waals surface area contributed by atoms with Crippen molar-refractivity contribution in [3.8, 4) is 17.1 Å². The molecule has 0 aliphatic carbocycles. The minimum Gasteiger partial charge on any atom is -0.493 e. The second-order valence-electron chi connectivity index (χ2n) is 7.34. The third-order valence-corrected chi connectivity index (χ3v) is 5.39. The summed E-state index contributed by atoms with van der Waals surface area (Å²) in [7, 11) is 0. The maximum Gasteiger partial charge on any atom is 0.219 e. The summed E-state index contributed by atoms with van der Waals surface area (Å²) in [4.78, 5) is 13.8. The summed E-state index contributed by atoms with van der Waals surface area (Å²) in [6, 6.07) is 23.7. The van der Waals surface area contributed by atoms with Crippen LogP contribution in [0.5, 0.6) is 5.88 Å². The van der Waals surface area contributed by atoms with E-state index >= 15 is 0 Å². The van der Waals surface area contributed by atoms with E-state index < -0.39 is 0 Å². The van der Waals surface area contributed by atoms with Gasteiger partial charge in [0.15, 0.2) is 5.65 Å². The van der Waals surface area contributed by atoms with Crippen molar-refractivity contribution in [2.45, 2.75) is 12.8 Å². The Kier molecular flexibility index (Phi) is 5.10. The van der Waals surface area contributed by atoms with E-state index in [1.54, 1.807) is 16.7 Å². The molecule has 0 bridgehead atoms. The summed E-state index contributed by atoms with van der Waals surface area (Å²) in [6.07, 6.45) is 4.60. The van der Waals surface area contributed by atoms with Crippen molar-refractivity contribution >= 4 is 17.2 Å². The molecule has 0 unspecified atom stereocenters. The fourth-order valence-electron chi connectivity index (χ4n) is 3.62. The lowest BCUT2D eigenvalue weighted by Gasteiger charge is -2.08. The van der Waals surface area contributed by atoms with Crippen LogP contribution in [0.15, 0.2) is 85.2 Å². The summed E-state index contributed by atoms with van der Waals surface area (Å²) in [5.41, 5.74) is 5.85. The number of rotatable bonds is 5. The number of pyridine rings is 1. The normalized spacial score (nSPS) is 11.1. The monoisotopic (exact) mass is 426 g/mol. The van der Waals surface area contributed by atoms with Crippen LogP contribution in [-0.2, 0) is 12.8 Å². The molecule has 6 heteroatoms. The number of nitrogens with zero attached hydrogens (tertiary/aromatic N) is 4. The number of aromatic hydroxyl groups is 1. The molecule has 3 aromatic heterocycles. The van der Waals surface area contributed by atoms with Crippen LogP contribution in [0.3, 0.4) is 0 Å². The van der Waals surface area contributed by atoms with Crippen LogP contribution in [0, 0.1) is 0 Å². The molecule has 0 atom stereocenters. The first-order chi connectivity index (χ1) is 15.2. The van der Waals surface area contributed by atoms with Crippen molar-refractivity contribution in [2.75, 3.05) is 0 Å². The maximum absolute atomic E-state index is 11.0. The Hall–Kier alpha value is -3.70. The predicted molar refractivity (Wildman–Crippen MR) is 121 cm³/mol. The Morgan fingerprint density at radius 3 is 2.19 bits per heavy atom. The topological polar surface area (TPSA) is 63.3 Å². The molecule has 0 spiro atoms. The van der Waals surface area contributed by atoms with E-state index in [-0.39, 0.29) is 5.88 Å². The minimum atomic E-state index is 0.110. The molecule has 152 valence electrons. The van der Waals surface area contributed by atoms with Gasteiger partial charge < -0.3 is 5.11 Å². The summed E-state index contributed by atoms with van der Waals surface area (Å²) >= 11 is 5.90. The SMILES string of the molecule is Oc1c(Cc2ccc(Cl)nc2)nc2c(Cc3ccccc3)nc(-c3ccccc3)cn12. The zero-order chi connectivity index (χ0) is 21.2. The zero-order valence-electron chi connectivity index (χ0n) is 16.6. The Bertz CT molecular complexity index is 1330. The molecule has 3 heterocycles. The Morgan fingerprint density at radius 1 is 0.774 bits per heavy atom. The van der Waals surface area contributed by atoms with E-state index in [1.807, 2.05) is 60.8 Å². The molecule has 0 fully saturated rings. The molecule has 0 radical (unpaired) electrons. The molecule has 0 saturated heterocycles. The lowest BCUT2D eigenvalue weighted by atomic mass is 10.1. The molecular weight excluding hydrogens is 408 g/mol. The molecule has 5 nitrogen and oxygen atoms in total. The van der Waals surface area contributed by atoms with Gasteiger partial charge >= 0.3 is 0 Å². The lowest BCUT2D eigenvalue weighted by Crippen LogP contribution is -2.00. The summed E-state index contributed by atoms with van der Waals surface area (Å²) in [5, 5.41) is 11.4. The van der Waals surface area contributed by atoms with Gasteiger partial charge in [-0.25, -0.2) is 15.0 Å². The van der Waals surface area contributed by atoms with Gasteiger partial charge in [-0.1, -0.05) is 78.3 Å². The zero-order valence-corrected chi connectivity index (χ0v) is 17.4. The number of hydrogen-bond donors (Lipinski definition) is 1. The van der Waals surface area contributed by atoms with Crippen LogP contribution >= 0.6 is 11.6 Å². The summed E-state index contributed by atoms with van der Waals surface area (Å²) in [6.45, 7) is 0. The first kappa shape index (κ1) is 19.3. The molecule has 5 rings (SSSR count). The van der Waals surface area contributed by atoms with Crippen LogP contribution in [0.2, 0.25) is 5.15 Å². The molecule has 1 N–H and O–H groups in total. The molecule has 0 saturated carbocycles. The number of fused-ring (bicyclic) bond motifs is 1. The number of imidazole rings is 1. The molecule has 31 heavy (non-hydrogen) atoms. The van der Waals surface area contributed by atoms with E-state index in [2.05, 4.69) is 17.1 Å². The van der Waals surface area contributed by atoms with Crippen molar-refractivity contribution in [1.82, 2.24) is 19.4 Å². The molecule has 0 amide bonds. The second kappa shape index (κ2) is 8.20. The smallest absolute Gasteiger partial charge is 0.219 e. The number of halogens is 1. The fourth-order valence-corrected chi connectivity index (χ4v) is 3.73. The van der Waals surface area contributed by atoms with Gasteiger partial charge in [0.25, 0.3) is 0 Å². The Morgan fingerprint density at radius 2 is 1.48 bits per heavy atom. The lowest BCUT2D eigenvalue weighted by molar-refractivity contribution is 0.442. The number of aromatic nitrogens is 4. The Labute approximate surface area is 184 Å². The van der Waals surface area contributed by atoms with E-state index in [0.29, 0.717) is 29.3 Å². The highest BCUT2D eigenvalue weighted by atomic mass is 35.5. The standard InChI is InChI=1S/C25H19ClN4O/c26-23-12-11-18(15-27-23)14-21-25(31)30-16-22(19-9-5-2-6-10-19)28-20(24(30)29-21)13-17-7-3-1-4-8-17/h1-12,15-16,31H,13-14H2. The molecule has 2 aromatic carbocycles. The highest BCUT2D eigenvalue weighted by Gasteiger charge is 2.18. The van der Waals surface area contributed by atoms with Crippen LogP contribution in [0.1, 0.15) is 22.5 Å². The van der Waals surface area contributed by atoms with Gasteiger partial charge in [0.2, 0.25) is 5.88 Å². The summed E-state index contributed by atoms with van der Waals surface area (Å²) < 4.78 is 1.73. The van der Waals surface area contributed by atoms with E-state index in [9.17, 15) is 5.11 Å². The van der Waals surface area contributed by atoms with Crippen molar-refractivity contribution in [3.05, 3.63) is 113 Å². The number of hydrogen-bond acceptors (Lipinski definition) is 4. The van der Waals surface area contributed by atoms with Crippen molar-refractivity contribution < 1.29 is 5.11 Å². The molecule has 0 aliphatic rings. The van der Waals surface area contributed by atoms with Gasteiger partial charge in [-0.3, -0.25) is 4.40 Å². The van der Waals surface area contributed by atoms with Gasteiger partial charge in [-0.05, 0) is 17.2 Å². The van der Waals surface area contributed by atoms with Crippen LogP contribution < -0.4 is 0 Å². The molecule has 0 aliphatic heterocycles. The van der Waals surface area contributed by atoms with E-state index in [0.717, 1.165) is 28.1 Å². The van der Waals surface area contributed by atoms with Crippen LogP contribution in [-0.4, -0.2) is 24.5 Å². The van der Waals surface area contributed by atoms with Gasteiger partial charge in [0.05, 0.1) is 11.4 Å². The first-order valence-electron chi connectivity index (χ1n) is 9.97. The van der Waals surface area contributed by atoms with Crippen LogP contribution in [0.25, 0.3) is 16.9 Å². The molecular formula is C25H19ClN4O. The molecule has 5 aromatic rings. The van der Waals surface area contributed by atoms with Crippen molar-refractivity contribution in [3.63, 3.8) is 0 Å². The minimum absolute atomic E-state index is 0.110. The van der Waals surface area contributed by atoms with Gasteiger partial charge in [0.1, 0.15) is 10.8 Å². The van der Waals surface area contributed by atoms with Gasteiger partial charge in [0, 0.05) is 30.8 Å². The highest BCUT2D eigenvalue weighted by molar-refractivity contribution is 6.29. The predicted octanol–water partition coefficient (Wildman–Crippen LogP) is 5.33. The summed E-state index contributed by atoms with van der Waals surface area (Å²) in [5.74, 6) is 0.110. The van der Waals surface area contributed by atoms with Gasteiger partial charge in [-0.2, -0.15) is 0 Å². The van der Waals surface area contributed by atoms with Crippen molar-refractivity contribution in [1.29, 1.82) is 0 Å². The van der Waals surface area contributed by atoms with E-state index in [1.165, 1.54) is 0 Å². The third kappa shape index (κ3) is 4.00. The van der Waals surface area contributed by atoms with Crippen molar-refractivity contribution in [2.24, 2.45) is 0 Å². The first-order valence-corrected chi connectivity index (χ1v) is 10.3. The average Bonchev–Trinajstić information content (AvgIpc) is 3.12. The fraction of sp³-hybridized carbons (Fsp3) is 0.0800.